The Labute approximate surface area is 122 Å². The van der Waals surface area contributed by atoms with E-state index < -0.39 is 5.60 Å². The van der Waals surface area contributed by atoms with Crippen LogP contribution in [-0.2, 0) is 9.53 Å². The van der Waals surface area contributed by atoms with Crippen molar-refractivity contribution in [3.05, 3.63) is 53.9 Å². The Kier molecular flexibility index (Phi) is 3.17. The number of rotatable bonds is 2. The van der Waals surface area contributed by atoms with Crippen LogP contribution < -0.4 is 5.32 Å². The van der Waals surface area contributed by atoms with Crippen molar-refractivity contribution in [1.29, 1.82) is 0 Å². The number of carbonyl (C=O) groups is 1. The van der Waals surface area contributed by atoms with Crippen LogP contribution in [0.4, 0.5) is 0 Å². The Morgan fingerprint density at radius 2 is 1.95 bits per heavy atom. The highest BCUT2D eigenvalue weighted by Gasteiger charge is 2.37. The quantitative estimate of drug-likeness (QED) is 0.904. The molecule has 1 N–H and O–H groups in total. The molecule has 5 nitrogen and oxygen atoms in total. The summed E-state index contributed by atoms with van der Waals surface area (Å²) >= 11 is 0. The number of nitrogens with one attached hydrogen (secondary N) is 1. The van der Waals surface area contributed by atoms with Crippen LogP contribution in [0, 0.1) is 0 Å². The molecular formula is C16H15N3O2. The van der Waals surface area contributed by atoms with Gasteiger partial charge in [0.25, 0.3) is 5.91 Å². The smallest absolute Gasteiger partial charge is 0.291 e. The molecule has 0 aliphatic carbocycles. The zero-order valence-corrected chi connectivity index (χ0v) is 11.8. The van der Waals surface area contributed by atoms with E-state index in [9.17, 15) is 4.79 Å². The van der Waals surface area contributed by atoms with Gasteiger partial charge in [0.1, 0.15) is 5.84 Å². The number of ether oxygens (including phenoxy) is 1. The van der Waals surface area contributed by atoms with Crippen LogP contribution in [0.25, 0.3) is 6.08 Å². The number of fused-ring (bicyclic) bond motifs is 1. The fourth-order valence-corrected chi connectivity index (χ4v) is 1.94. The van der Waals surface area contributed by atoms with Gasteiger partial charge in [0.2, 0.25) is 0 Å². The van der Waals surface area contributed by atoms with Crippen LogP contribution in [0.15, 0.2) is 58.4 Å². The molecule has 0 saturated carbocycles. The highest BCUT2D eigenvalue weighted by atomic mass is 16.5. The number of amidine groups is 2. The lowest BCUT2D eigenvalue weighted by Gasteiger charge is -2.30. The van der Waals surface area contributed by atoms with E-state index in [-0.39, 0.29) is 5.91 Å². The molecule has 3 rings (SSSR count). The Morgan fingerprint density at radius 1 is 1.19 bits per heavy atom. The lowest BCUT2D eigenvalue weighted by Crippen LogP contribution is -2.45. The fraction of sp³-hybridized carbons (Fsp3) is 0.188. The van der Waals surface area contributed by atoms with Crippen molar-refractivity contribution in [2.24, 2.45) is 9.98 Å². The molecule has 0 radical (unpaired) electrons. The average molecular weight is 281 g/mol. The number of nitrogens with zero attached hydrogens (tertiary/aromatic N) is 2. The van der Waals surface area contributed by atoms with Crippen LogP contribution >= 0.6 is 0 Å². The van der Waals surface area contributed by atoms with E-state index in [0.717, 1.165) is 5.56 Å². The average Bonchev–Trinajstić information content (AvgIpc) is 2.47. The maximum Gasteiger partial charge on any atom is 0.291 e. The van der Waals surface area contributed by atoms with Crippen LogP contribution in [-0.4, -0.2) is 23.2 Å². The normalized spacial score (nSPS) is 19.9. The summed E-state index contributed by atoms with van der Waals surface area (Å²) < 4.78 is 5.59. The Balaban J connectivity index is 1.82. The summed E-state index contributed by atoms with van der Waals surface area (Å²) in [7, 11) is 0. The van der Waals surface area contributed by atoms with Gasteiger partial charge >= 0.3 is 0 Å². The van der Waals surface area contributed by atoms with Crippen LogP contribution in [0.5, 0.6) is 0 Å². The van der Waals surface area contributed by atoms with Gasteiger partial charge in [-0.25, -0.2) is 4.99 Å². The summed E-state index contributed by atoms with van der Waals surface area (Å²) in [6.45, 7) is 3.37. The molecule has 2 aliphatic rings. The molecular weight excluding hydrogens is 266 g/mol. The van der Waals surface area contributed by atoms with Gasteiger partial charge in [-0.2, -0.15) is 4.99 Å². The van der Waals surface area contributed by atoms with Gasteiger partial charge in [0.05, 0.1) is 6.20 Å². The molecule has 0 saturated heterocycles. The molecule has 0 fully saturated rings. The monoisotopic (exact) mass is 281 g/mol. The van der Waals surface area contributed by atoms with Crippen LogP contribution in [0.3, 0.4) is 0 Å². The van der Waals surface area contributed by atoms with Crippen molar-refractivity contribution in [3.8, 4) is 0 Å². The molecule has 0 unspecified atom stereocenters. The highest BCUT2D eigenvalue weighted by molar-refractivity contribution is 6.18. The number of carbonyl (C=O) groups excluding carboxylic acids is 1. The first kappa shape index (κ1) is 13.3. The molecule has 0 aromatic heterocycles. The minimum absolute atomic E-state index is 0.310. The fourth-order valence-electron chi connectivity index (χ4n) is 1.94. The lowest BCUT2D eigenvalue weighted by molar-refractivity contribution is -0.135. The summed E-state index contributed by atoms with van der Waals surface area (Å²) in [4.78, 5) is 20.1. The number of benzene rings is 1. The third-order valence-corrected chi connectivity index (χ3v) is 3.13. The molecule has 2 aliphatic heterocycles. The van der Waals surface area contributed by atoms with E-state index in [1.165, 1.54) is 0 Å². The van der Waals surface area contributed by atoms with Crippen molar-refractivity contribution in [1.82, 2.24) is 5.32 Å². The molecule has 106 valence electrons. The molecule has 0 bridgehead atoms. The van der Waals surface area contributed by atoms with Crippen LogP contribution in [0.2, 0.25) is 0 Å². The summed E-state index contributed by atoms with van der Waals surface area (Å²) in [5.74, 6) is 1.19. The topological polar surface area (TPSA) is 63.0 Å². The second kappa shape index (κ2) is 5.01. The van der Waals surface area contributed by atoms with E-state index in [0.29, 0.717) is 17.4 Å². The number of hydrogen-bond acceptors (Lipinski definition) is 4. The van der Waals surface area contributed by atoms with Crippen molar-refractivity contribution in [2.75, 3.05) is 0 Å². The predicted molar refractivity (Wildman–Crippen MR) is 81.7 cm³/mol. The van der Waals surface area contributed by atoms with E-state index in [1.807, 2.05) is 42.5 Å². The molecule has 2 heterocycles. The number of aliphatic imine (C=N–C) groups is 2. The summed E-state index contributed by atoms with van der Waals surface area (Å²) in [5.41, 5.74) is 0.125. The predicted octanol–water partition coefficient (Wildman–Crippen LogP) is 2.28. The second-order valence-electron chi connectivity index (χ2n) is 5.25. The van der Waals surface area contributed by atoms with Gasteiger partial charge in [-0.1, -0.05) is 36.4 Å². The van der Waals surface area contributed by atoms with Gasteiger partial charge in [-0.3, -0.25) is 4.79 Å². The molecule has 5 heteroatoms. The molecule has 1 amide bonds. The minimum Gasteiger partial charge on any atom is -0.472 e. The third kappa shape index (κ3) is 2.76. The van der Waals surface area contributed by atoms with Crippen molar-refractivity contribution < 1.29 is 9.53 Å². The van der Waals surface area contributed by atoms with Gasteiger partial charge < -0.3 is 10.1 Å². The first-order chi connectivity index (χ1) is 10.0. The lowest BCUT2D eigenvalue weighted by atomic mass is 10.1. The maximum absolute atomic E-state index is 11.8. The van der Waals surface area contributed by atoms with E-state index >= 15 is 0 Å². The molecule has 0 spiro atoms. The standard InChI is InChI=1S/C16H15N3O2/c1-16(2)15(20)19-14-12(21-16)10-17-13(18-14)9-8-11-6-4-3-5-7-11/h3-10H,1-2H3,(H,17,18,19,20). The summed E-state index contributed by atoms with van der Waals surface area (Å²) in [6.07, 6.45) is 5.34. The van der Waals surface area contributed by atoms with Gasteiger partial charge in [-0.15, -0.1) is 0 Å². The minimum atomic E-state index is -0.941. The number of amides is 1. The van der Waals surface area contributed by atoms with Crippen molar-refractivity contribution in [3.63, 3.8) is 0 Å². The maximum atomic E-state index is 11.8. The van der Waals surface area contributed by atoms with Gasteiger partial charge in [0, 0.05) is 0 Å². The largest absolute Gasteiger partial charge is 0.472 e. The van der Waals surface area contributed by atoms with Gasteiger partial charge in [-0.05, 0) is 25.5 Å². The SMILES string of the molecule is CC1(C)OC2=CN=C(C=Cc3ccccc3)NC2=NC1=O. The second-order valence-corrected chi connectivity index (χ2v) is 5.25. The summed E-state index contributed by atoms with van der Waals surface area (Å²) in [6, 6.07) is 9.88. The molecule has 21 heavy (non-hydrogen) atoms. The third-order valence-electron chi connectivity index (χ3n) is 3.13. The Bertz CT molecular complexity index is 697. The first-order valence-corrected chi connectivity index (χ1v) is 6.65. The Morgan fingerprint density at radius 3 is 2.71 bits per heavy atom. The van der Waals surface area contributed by atoms with E-state index in [1.54, 1.807) is 20.0 Å². The zero-order chi connectivity index (χ0) is 14.9. The number of hydrogen-bond donors (Lipinski definition) is 1. The van der Waals surface area contributed by atoms with E-state index in [4.69, 9.17) is 4.74 Å². The van der Waals surface area contributed by atoms with Crippen LogP contribution in [0.1, 0.15) is 19.4 Å². The molecule has 0 atom stereocenters. The molecule has 1 aromatic carbocycles. The Hall–Kier alpha value is -2.69. The highest BCUT2D eigenvalue weighted by Crippen LogP contribution is 2.23. The first-order valence-electron chi connectivity index (χ1n) is 6.65. The summed E-state index contributed by atoms with van der Waals surface area (Å²) in [5, 5.41) is 2.99. The zero-order valence-electron chi connectivity index (χ0n) is 11.8. The molecule has 1 aromatic rings. The van der Waals surface area contributed by atoms with Crippen molar-refractivity contribution >= 4 is 23.7 Å². The van der Waals surface area contributed by atoms with Crippen molar-refractivity contribution in [2.45, 2.75) is 19.4 Å². The van der Waals surface area contributed by atoms with Gasteiger partial charge in [0.15, 0.2) is 17.2 Å². The van der Waals surface area contributed by atoms with E-state index in [2.05, 4.69) is 15.3 Å².